The fourth-order valence-electron chi connectivity index (χ4n) is 4.63. The van der Waals surface area contributed by atoms with E-state index < -0.39 is 0 Å². The molecule has 5 rings (SSSR count). The van der Waals surface area contributed by atoms with Crippen LogP contribution in [0.1, 0.15) is 22.6 Å². The average molecular weight is 368 g/mol. The van der Waals surface area contributed by atoms with Crippen molar-refractivity contribution in [2.45, 2.75) is 12.3 Å². The lowest BCUT2D eigenvalue weighted by Crippen LogP contribution is -2.32. The second kappa shape index (κ2) is 6.08. The molecule has 3 atom stereocenters. The van der Waals surface area contributed by atoms with E-state index in [-0.39, 0.29) is 30.5 Å². The molecule has 1 fully saturated rings. The molecule has 0 bridgehead atoms. The number of ether oxygens (including phenoxy) is 5. The van der Waals surface area contributed by atoms with E-state index in [0.29, 0.717) is 23.9 Å². The van der Waals surface area contributed by atoms with E-state index in [2.05, 4.69) is 6.07 Å². The monoisotopic (exact) mass is 368 g/mol. The Kier molecular flexibility index (Phi) is 3.67. The van der Waals surface area contributed by atoms with Crippen LogP contribution in [0.5, 0.6) is 23.0 Å². The molecular weight excluding hydrogens is 348 g/mol. The number of rotatable bonds is 3. The second-order valence-electron chi connectivity index (χ2n) is 7.08. The Hall–Kier alpha value is -2.89. The van der Waals surface area contributed by atoms with Gasteiger partial charge in [0, 0.05) is 17.4 Å². The van der Waals surface area contributed by atoms with Crippen molar-refractivity contribution < 1.29 is 28.5 Å². The van der Waals surface area contributed by atoms with Gasteiger partial charge in [-0.3, -0.25) is 4.79 Å². The summed E-state index contributed by atoms with van der Waals surface area (Å²) in [7, 11) is 3.25. The Morgan fingerprint density at radius 2 is 1.85 bits per heavy atom. The Morgan fingerprint density at radius 1 is 1.00 bits per heavy atom. The fourth-order valence-corrected chi connectivity index (χ4v) is 4.63. The summed E-state index contributed by atoms with van der Waals surface area (Å²) in [6.45, 7) is 0.670. The molecule has 2 heterocycles. The van der Waals surface area contributed by atoms with Gasteiger partial charge in [-0.05, 0) is 35.7 Å². The summed E-state index contributed by atoms with van der Waals surface area (Å²) in [5.41, 5.74) is 3.14. The lowest BCUT2D eigenvalue weighted by atomic mass is 9.67. The molecule has 1 saturated heterocycles. The minimum absolute atomic E-state index is 0.151. The summed E-state index contributed by atoms with van der Waals surface area (Å²) in [5, 5.41) is 0. The van der Waals surface area contributed by atoms with Gasteiger partial charge in [-0.2, -0.15) is 0 Å². The summed E-state index contributed by atoms with van der Waals surface area (Å²) in [6, 6.07) is 9.84. The molecule has 140 valence electrons. The van der Waals surface area contributed by atoms with Gasteiger partial charge in [-0.1, -0.05) is 12.1 Å². The Bertz CT molecular complexity index is 921. The molecule has 0 spiro atoms. The van der Waals surface area contributed by atoms with Crippen LogP contribution in [0.15, 0.2) is 30.3 Å². The van der Waals surface area contributed by atoms with Gasteiger partial charge >= 0.3 is 5.97 Å². The number of fused-ring (bicyclic) bond motifs is 3. The summed E-state index contributed by atoms with van der Waals surface area (Å²) >= 11 is 0. The van der Waals surface area contributed by atoms with E-state index in [1.54, 1.807) is 14.2 Å². The van der Waals surface area contributed by atoms with Crippen molar-refractivity contribution in [1.82, 2.24) is 0 Å². The molecule has 0 unspecified atom stereocenters. The quantitative estimate of drug-likeness (QED) is 0.777. The second-order valence-corrected chi connectivity index (χ2v) is 7.08. The van der Waals surface area contributed by atoms with E-state index in [1.165, 1.54) is 0 Å². The first-order chi connectivity index (χ1) is 13.2. The molecule has 0 radical (unpaired) electrons. The van der Waals surface area contributed by atoms with Crippen LogP contribution < -0.4 is 18.9 Å². The third kappa shape index (κ3) is 2.36. The van der Waals surface area contributed by atoms with Gasteiger partial charge in [0.05, 0.1) is 26.7 Å². The predicted molar refractivity (Wildman–Crippen MR) is 95.6 cm³/mol. The molecule has 2 aromatic carbocycles. The number of carbonyl (C=O) groups is 1. The SMILES string of the molecule is COc1ccc2c(c1OC)[C@@H](c1ccc3c(c1)OCO3)[C@H]1C(=O)OC[C@@H]1C2. The van der Waals surface area contributed by atoms with Crippen LogP contribution in [0.2, 0.25) is 0 Å². The minimum Gasteiger partial charge on any atom is -0.493 e. The lowest BCUT2D eigenvalue weighted by Gasteiger charge is -2.34. The van der Waals surface area contributed by atoms with Gasteiger partial charge in [-0.25, -0.2) is 0 Å². The number of methoxy groups -OCH3 is 2. The topological polar surface area (TPSA) is 63.2 Å². The van der Waals surface area contributed by atoms with Crippen LogP contribution >= 0.6 is 0 Å². The standard InChI is InChI=1S/C21H20O6/c1-23-15-6-4-11-7-13-9-25-21(22)19(13)17(18(11)20(15)24-2)12-3-5-14-16(8-12)27-10-26-14/h3-6,8,13,17,19H,7,9-10H2,1-2H3/t13-,17+,19-/m0/s1. The first-order valence-electron chi connectivity index (χ1n) is 9.01. The maximum absolute atomic E-state index is 12.6. The number of hydrogen-bond acceptors (Lipinski definition) is 6. The van der Waals surface area contributed by atoms with Crippen molar-refractivity contribution in [3.8, 4) is 23.0 Å². The van der Waals surface area contributed by atoms with Crippen LogP contribution in [0, 0.1) is 11.8 Å². The fraction of sp³-hybridized carbons (Fsp3) is 0.381. The van der Waals surface area contributed by atoms with E-state index in [9.17, 15) is 4.79 Å². The molecule has 0 saturated carbocycles. The van der Waals surface area contributed by atoms with Crippen molar-refractivity contribution in [2.75, 3.05) is 27.6 Å². The number of carbonyl (C=O) groups excluding carboxylic acids is 1. The van der Waals surface area contributed by atoms with Crippen LogP contribution in [0.4, 0.5) is 0 Å². The third-order valence-electron chi connectivity index (χ3n) is 5.80. The lowest BCUT2D eigenvalue weighted by molar-refractivity contribution is -0.141. The van der Waals surface area contributed by atoms with Crippen LogP contribution in [0.25, 0.3) is 0 Å². The summed E-state index contributed by atoms with van der Waals surface area (Å²) in [5.74, 6) is 2.31. The number of esters is 1. The molecule has 2 aromatic rings. The van der Waals surface area contributed by atoms with E-state index in [1.807, 2.05) is 24.3 Å². The zero-order valence-electron chi connectivity index (χ0n) is 15.2. The van der Waals surface area contributed by atoms with Crippen molar-refractivity contribution in [2.24, 2.45) is 11.8 Å². The summed E-state index contributed by atoms with van der Waals surface area (Å²) in [4.78, 5) is 12.6. The summed E-state index contributed by atoms with van der Waals surface area (Å²) in [6.07, 6.45) is 0.785. The zero-order chi connectivity index (χ0) is 18.5. The molecule has 3 aliphatic rings. The molecule has 0 amide bonds. The Labute approximate surface area is 156 Å². The van der Waals surface area contributed by atoms with E-state index in [0.717, 1.165) is 28.9 Å². The van der Waals surface area contributed by atoms with E-state index in [4.69, 9.17) is 23.7 Å². The predicted octanol–water partition coefficient (Wildman–Crippen LogP) is 2.91. The number of hydrogen-bond donors (Lipinski definition) is 0. The van der Waals surface area contributed by atoms with Crippen molar-refractivity contribution in [1.29, 1.82) is 0 Å². The maximum Gasteiger partial charge on any atom is 0.310 e. The summed E-state index contributed by atoms with van der Waals surface area (Å²) < 4.78 is 27.7. The van der Waals surface area contributed by atoms with Crippen molar-refractivity contribution in [3.63, 3.8) is 0 Å². The zero-order valence-corrected chi connectivity index (χ0v) is 15.2. The highest BCUT2D eigenvalue weighted by Crippen LogP contribution is 2.53. The third-order valence-corrected chi connectivity index (χ3v) is 5.80. The van der Waals surface area contributed by atoms with Crippen LogP contribution in [-0.4, -0.2) is 33.6 Å². The van der Waals surface area contributed by atoms with Crippen LogP contribution in [-0.2, 0) is 16.0 Å². The van der Waals surface area contributed by atoms with E-state index >= 15 is 0 Å². The molecule has 0 aromatic heterocycles. The molecule has 0 N–H and O–H groups in total. The van der Waals surface area contributed by atoms with Crippen LogP contribution in [0.3, 0.4) is 0 Å². The molecule has 2 aliphatic heterocycles. The Morgan fingerprint density at radius 3 is 2.67 bits per heavy atom. The number of cyclic esters (lactones) is 1. The number of benzene rings is 2. The highest BCUT2D eigenvalue weighted by Gasteiger charge is 2.49. The Balaban J connectivity index is 1.73. The van der Waals surface area contributed by atoms with Gasteiger partial charge in [0.1, 0.15) is 0 Å². The van der Waals surface area contributed by atoms with Gasteiger partial charge < -0.3 is 23.7 Å². The molecule has 27 heavy (non-hydrogen) atoms. The largest absolute Gasteiger partial charge is 0.493 e. The van der Waals surface area contributed by atoms with Crippen molar-refractivity contribution >= 4 is 5.97 Å². The molecule has 6 heteroatoms. The average Bonchev–Trinajstić information content (AvgIpc) is 3.31. The van der Waals surface area contributed by atoms with Gasteiger partial charge in [0.25, 0.3) is 0 Å². The highest BCUT2D eigenvalue weighted by molar-refractivity contribution is 5.79. The normalized spacial score (nSPS) is 24.8. The minimum atomic E-state index is -0.251. The maximum atomic E-state index is 12.6. The molecule has 6 nitrogen and oxygen atoms in total. The first kappa shape index (κ1) is 16.3. The van der Waals surface area contributed by atoms with Crippen molar-refractivity contribution in [3.05, 3.63) is 47.0 Å². The highest BCUT2D eigenvalue weighted by atomic mass is 16.7. The van der Waals surface area contributed by atoms with Gasteiger partial charge in [0.2, 0.25) is 6.79 Å². The molecule has 1 aliphatic carbocycles. The first-order valence-corrected chi connectivity index (χ1v) is 9.01. The molecular formula is C21H20O6. The smallest absolute Gasteiger partial charge is 0.310 e. The van der Waals surface area contributed by atoms with Gasteiger partial charge in [-0.15, -0.1) is 0 Å². The van der Waals surface area contributed by atoms with Gasteiger partial charge in [0.15, 0.2) is 23.0 Å².